The lowest BCUT2D eigenvalue weighted by molar-refractivity contribution is -0.135. The second-order valence-corrected chi connectivity index (χ2v) is 7.19. The summed E-state index contributed by atoms with van der Waals surface area (Å²) in [5, 5.41) is 3.60. The second kappa shape index (κ2) is 6.90. The molecule has 116 valence electrons. The molecule has 1 saturated carbocycles. The molecule has 2 unspecified atom stereocenters. The van der Waals surface area contributed by atoms with Gasteiger partial charge < -0.3 is 15.0 Å². The van der Waals surface area contributed by atoms with Gasteiger partial charge in [0, 0.05) is 32.1 Å². The van der Waals surface area contributed by atoms with Crippen LogP contribution in [0, 0.1) is 11.3 Å². The van der Waals surface area contributed by atoms with Crippen LogP contribution in [0.15, 0.2) is 0 Å². The summed E-state index contributed by atoms with van der Waals surface area (Å²) in [5.41, 5.74) is 0.487. The smallest absolute Gasteiger partial charge is 0.224 e. The predicted octanol–water partition coefficient (Wildman–Crippen LogP) is 2.04. The van der Waals surface area contributed by atoms with Gasteiger partial charge in [0.05, 0.1) is 13.2 Å². The van der Waals surface area contributed by atoms with E-state index in [-0.39, 0.29) is 5.91 Å². The fourth-order valence-corrected chi connectivity index (χ4v) is 3.59. The fraction of sp³-hybridized carbons (Fsp3) is 0.938. The summed E-state index contributed by atoms with van der Waals surface area (Å²) in [6, 6.07) is 0.584. The van der Waals surface area contributed by atoms with Gasteiger partial charge in [-0.3, -0.25) is 4.79 Å². The van der Waals surface area contributed by atoms with E-state index in [4.69, 9.17) is 4.74 Å². The zero-order chi connectivity index (χ0) is 14.6. The Kier molecular flexibility index (Phi) is 5.44. The molecule has 0 radical (unpaired) electrons. The number of morpholine rings is 1. The van der Waals surface area contributed by atoms with Gasteiger partial charge in [-0.1, -0.05) is 20.8 Å². The van der Waals surface area contributed by atoms with Crippen LogP contribution in [0.5, 0.6) is 0 Å². The SMILES string of the molecule is CC1CC(C)(C)CCC1NCCC(=O)N1CCOCC1. The number of amides is 1. The van der Waals surface area contributed by atoms with Crippen molar-refractivity contribution >= 4 is 5.91 Å². The normalized spacial score (nSPS) is 30.2. The molecule has 1 aliphatic heterocycles. The predicted molar refractivity (Wildman–Crippen MR) is 80.6 cm³/mol. The standard InChI is InChI=1S/C16H30N2O2/c1-13-12-16(2,3)6-4-14(13)17-7-5-15(19)18-8-10-20-11-9-18/h13-14,17H,4-12H2,1-3H3. The molecule has 1 saturated heterocycles. The van der Waals surface area contributed by atoms with Crippen molar-refractivity contribution in [2.45, 2.75) is 52.5 Å². The topological polar surface area (TPSA) is 41.6 Å². The average molecular weight is 282 g/mol. The van der Waals surface area contributed by atoms with Crippen LogP contribution < -0.4 is 5.32 Å². The van der Waals surface area contributed by atoms with Gasteiger partial charge in [-0.05, 0) is 30.6 Å². The Morgan fingerprint density at radius 3 is 2.70 bits per heavy atom. The van der Waals surface area contributed by atoms with E-state index in [9.17, 15) is 4.79 Å². The molecule has 0 aromatic rings. The van der Waals surface area contributed by atoms with Crippen LogP contribution in [0.3, 0.4) is 0 Å². The monoisotopic (exact) mass is 282 g/mol. The molecule has 2 atom stereocenters. The quantitative estimate of drug-likeness (QED) is 0.858. The molecule has 1 aliphatic carbocycles. The lowest BCUT2D eigenvalue weighted by Crippen LogP contribution is -2.44. The number of carbonyl (C=O) groups excluding carboxylic acids is 1. The average Bonchev–Trinajstić information content (AvgIpc) is 2.41. The minimum Gasteiger partial charge on any atom is -0.378 e. The zero-order valence-corrected chi connectivity index (χ0v) is 13.3. The van der Waals surface area contributed by atoms with Crippen LogP contribution in [0.4, 0.5) is 0 Å². The van der Waals surface area contributed by atoms with Gasteiger partial charge in [0.1, 0.15) is 0 Å². The first-order valence-electron chi connectivity index (χ1n) is 8.07. The van der Waals surface area contributed by atoms with Crippen molar-refractivity contribution in [3.8, 4) is 0 Å². The summed E-state index contributed by atoms with van der Waals surface area (Å²) in [4.78, 5) is 14.0. The third-order valence-electron chi connectivity index (χ3n) is 4.80. The van der Waals surface area contributed by atoms with Crippen molar-refractivity contribution < 1.29 is 9.53 Å². The summed E-state index contributed by atoms with van der Waals surface area (Å²) < 4.78 is 5.27. The van der Waals surface area contributed by atoms with Gasteiger partial charge in [-0.15, -0.1) is 0 Å². The summed E-state index contributed by atoms with van der Waals surface area (Å²) in [5.74, 6) is 0.974. The third kappa shape index (κ3) is 4.45. The van der Waals surface area contributed by atoms with Crippen molar-refractivity contribution in [1.29, 1.82) is 0 Å². The third-order valence-corrected chi connectivity index (χ3v) is 4.80. The zero-order valence-electron chi connectivity index (χ0n) is 13.3. The van der Waals surface area contributed by atoms with Crippen molar-refractivity contribution in [3.05, 3.63) is 0 Å². The number of hydrogen-bond acceptors (Lipinski definition) is 3. The summed E-state index contributed by atoms with van der Waals surface area (Å²) in [6.07, 6.45) is 4.42. The molecule has 1 N–H and O–H groups in total. The molecule has 2 aliphatic rings. The molecule has 2 rings (SSSR count). The maximum Gasteiger partial charge on any atom is 0.224 e. The van der Waals surface area contributed by atoms with Gasteiger partial charge in [-0.2, -0.15) is 0 Å². The molecule has 4 nitrogen and oxygen atoms in total. The number of carbonyl (C=O) groups is 1. The molecule has 0 aromatic carbocycles. The largest absolute Gasteiger partial charge is 0.378 e. The molecule has 0 aromatic heterocycles. The molecule has 4 heteroatoms. The Morgan fingerprint density at radius 2 is 2.05 bits per heavy atom. The summed E-state index contributed by atoms with van der Waals surface area (Å²) in [7, 11) is 0. The van der Waals surface area contributed by atoms with Crippen LogP contribution >= 0.6 is 0 Å². The first-order chi connectivity index (χ1) is 9.48. The second-order valence-electron chi connectivity index (χ2n) is 7.19. The summed E-state index contributed by atoms with van der Waals surface area (Å²) in [6.45, 7) is 10.8. The molecule has 0 spiro atoms. The van der Waals surface area contributed by atoms with E-state index in [1.54, 1.807) is 0 Å². The minimum absolute atomic E-state index is 0.268. The number of rotatable bonds is 4. The summed E-state index contributed by atoms with van der Waals surface area (Å²) >= 11 is 0. The van der Waals surface area contributed by atoms with Gasteiger partial charge >= 0.3 is 0 Å². The lowest BCUT2D eigenvalue weighted by Gasteiger charge is -2.39. The van der Waals surface area contributed by atoms with Crippen molar-refractivity contribution in [2.75, 3.05) is 32.8 Å². The molecular weight excluding hydrogens is 252 g/mol. The maximum atomic E-state index is 12.1. The number of nitrogens with one attached hydrogen (secondary N) is 1. The van der Waals surface area contributed by atoms with E-state index >= 15 is 0 Å². The highest BCUT2D eigenvalue weighted by Gasteiger charge is 2.31. The maximum absolute atomic E-state index is 12.1. The van der Waals surface area contributed by atoms with Crippen LogP contribution in [-0.4, -0.2) is 49.7 Å². The first-order valence-corrected chi connectivity index (χ1v) is 8.07. The molecular formula is C16H30N2O2. The minimum atomic E-state index is 0.268. The van der Waals surface area contributed by atoms with Gasteiger partial charge in [0.25, 0.3) is 0 Å². The highest BCUT2D eigenvalue weighted by atomic mass is 16.5. The number of ether oxygens (including phenoxy) is 1. The molecule has 20 heavy (non-hydrogen) atoms. The van der Waals surface area contributed by atoms with Crippen molar-refractivity contribution in [3.63, 3.8) is 0 Å². The fourth-order valence-electron chi connectivity index (χ4n) is 3.59. The van der Waals surface area contributed by atoms with Crippen molar-refractivity contribution in [1.82, 2.24) is 10.2 Å². The van der Waals surface area contributed by atoms with Crippen molar-refractivity contribution in [2.24, 2.45) is 11.3 Å². The highest BCUT2D eigenvalue weighted by Crippen LogP contribution is 2.38. The lowest BCUT2D eigenvalue weighted by atomic mass is 9.70. The van der Waals surface area contributed by atoms with E-state index in [0.717, 1.165) is 19.6 Å². The van der Waals surface area contributed by atoms with Crippen LogP contribution in [0.1, 0.15) is 46.5 Å². The van der Waals surface area contributed by atoms with E-state index in [0.29, 0.717) is 37.0 Å². The van der Waals surface area contributed by atoms with E-state index in [2.05, 4.69) is 26.1 Å². The molecule has 1 heterocycles. The molecule has 2 fully saturated rings. The van der Waals surface area contributed by atoms with E-state index < -0.39 is 0 Å². The van der Waals surface area contributed by atoms with E-state index in [1.165, 1.54) is 19.3 Å². The van der Waals surface area contributed by atoms with E-state index in [1.807, 2.05) is 4.90 Å². The highest BCUT2D eigenvalue weighted by molar-refractivity contribution is 5.76. The van der Waals surface area contributed by atoms with Gasteiger partial charge in [-0.25, -0.2) is 0 Å². The van der Waals surface area contributed by atoms with Crippen LogP contribution in [0.2, 0.25) is 0 Å². The Morgan fingerprint density at radius 1 is 1.35 bits per heavy atom. The van der Waals surface area contributed by atoms with Crippen LogP contribution in [0.25, 0.3) is 0 Å². The Bertz CT molecular complexity index is 324. The Labute approximate surface area is 123 Å². The molecule has 1 amide bonds. The van der Waals surface area contributed by atoms with Crippen LogP contribution in [-0.2, 0) is 9.53 Å². The number of hydrogen-bond donors (Lipinski definition) is 1. The molecule has 0 bridgehead atoms. The Balaban J connectivity index is 1.66. The Hall–Kier alpha value is -0.610. The number of nitrogens with zero attached hydrogens (tertiary/aromatic N) is 1. The first kappa shape index (κ1) is 15.8. The van der Waals surface area contributed by atoms with Gasteiger partial charge in [0.15, 0.2) is 0 Å². The van der Waals surface area contributed by atoms with Gasteiger partial charge in [0.2, 0.25) is 5.91 Å².